The third-order valence-corrected chi connectivity index (χ3v) is 6.42. The molecule has 0 radical (unpaired) electrons. The number of aldehydes is 1. The zero-order valence-corrected chi connectivity index (χ0v) is 19.7. The fourth-order valence-corrected chi connectivity index (χ4v) is 3.67. The first-order valence-corrected chi connectivity index (χ1v) is 14.2. The van der Waals surface area contributed by atoms with Crippen molar-refractivity contribution in [2.45, 2.75) is 32.1 Å². The summed E-state index contributed by atoms with van der Waals surface area (Å²) >= 11 is 0. The largest absolute Gasteiger partial charge is 0.457 e. The molecular weight excluding hydrogens is 420 g/mol. The Morgan fingerprint density at radius 3 is 2.53 bits per heavy atom. The topological polar surface area (TPSA) is 97.5 Å². The molecule has 3 rings (SSSR count). The van der Waals surface area contributed by atoms with E-state index in [1.807, 2.05) is 24.3 Å². The molecule has 166 valence electrons. The van der Waals surface area contributed by atoms with Gasteiger partial charge in [-0.15, -0.1) is 0 Å². The second-order valence-corrected chi connectivity index (χ2v) is 14.2. The van der Waals surface area contributed by atoms with Crippen LogP contribution < -0.4 is 4.74 Å². The van der Waals surface area contributed by atoms with Gasteiger partial charge >= 0.3 is 0 Å². The Morgan fingerprint density at radius 2 is 1.84 bits per heavy atom. The highest BCUT2D eigenvalue weighted by Crippen LogP contribution is 2.25. The normalized spacial score (nSPS) is 12.0. The molecule has 1 heterocycles. The van der Waals surface area contributed by atoms with E-state index in [1.165, 1.54) is 12.4 Å². The van der Waals surface area contributed by atoms with E-state index in [4.69, 9.17) is 14.9 Å². The Kier molecular flexibility index (Phi) is 7.96. The third-order valence-electron chi connectivity index (χ3n) is 4.71. The number of fused-ring (bicyclic) bond motifs is 1. The Labute approximate surface area is 189 Å². The molecule has 32 heavy (non-hydrogen) atoms. The van der Waals surface area contributed by atoms with Crippen LogP contribution in [0.3, 0.4) is 0 Å². The predicted octanol–water partition coefficient (Wildman–Crippen LogP) is 5.38. The summed E-state index contributed by atoms with van der Waals surface area (Å²) in [5.41, 5.74) is 3.33. The number of hydrogen-bond donors (Lipinski definition) is 1. The van der Waals surface area contributed by atoms with Gasteiger partial charge < -0.3 is 14.9 Å². The van der Waals surface area contributed by atoms with Gasteiger partial charge in [0.05, 0.1) is 22.9 Å². The highest BCUT2D eigenvalue weighted by atomic mass is 28.3. The number of carbonyl (C=O) groups excluding carboxylic acids is 1. The van der Waals surface area contributed by atoms with Crippen LogP contribution in [0.25, 0.3) is 11.0 Å². The van der Waals surface area contributed by atoms with Gasteiger partial charge in [0.15, 0.2) is 6.29 Å². The molecule has 0 aliphatic carbocycles. The van der Waals surface area contributed by atoms with Crippen LogP contribution in [0.2, 0.25) is 25.7 Å². The van der Waals surface area contributed by atoms with Gasteiger partial charge in [-0.3, -0.25) is 14.8 Å². The van der Waals surface area contributed by atoms with Gasteiger partial charge in [0.1, 0.15) is 23.9 Å². The van der Waals surface area contributed by atoms with E-state index in [1.54, 1.807) is 18.2 Å². The molecule has 1 aromatic heterocycles. The minimum atomic E-state index is -1.12. The molecule has 7 nitrogen and oxygen atoms in total. The molecule has 0 amide bonds. The maximum Gasteiger partial charge on any atom is 0.170 e. The SMILES string of the molecule is C[Si](C)(C)CCOCN=C(CC=N)c1ccc(Oc2ccc3nc(C=O)cnc3c2)cc1. The summed E-state index contributed by atoms with van der Waals surface area (Å²) in [6.07, 6.45) is 3.90. The summed E-state index contributed by atoms with van der Waals surface area (Å²) < 4.78 is 11.6. The maximum atomic E-state index is 10.8. The van der Waals surface area contributed by atoms with E-state index in [0.717, 1.165) is 23.9 Å². The van der Waals surface area contributed by atoms with Crippen LogP contribution in [0.4, 0.5) is 0 Å². The van der Waals surface area contributed by atoms with Crippen LogP contribution >= 0.6 is 0 Å². The summed E-state index contributed by atoms with van der Waals surface area (Å²) in [7, 11) is -1.12. The van der Waals surface area contributed by atoms with E-state index in [0.29, 0.717) is 47.7 Å². The number of aliphatic imine (C=N–C) groups is 1. The van der Waals surface area contributed by atoms with E-state index < -0.39 is 8.07 Å². The molecule has 0 aliphatic heterocycles. The van der Waals surface area contributed by atoms with Crippen molar-refractivity contribution < 1.29 is 14.3 Å². The summed E-state index contributed by atoms with van der Waals surface area (Å²) in [6.45, 7) is 7.97. The molecule has 0 unspecified atom stereocenters. The van der Waals surface area contributed by atoms with E-state index in [2.05, 4.69) is 34.6 Å². The smallest absolute Gasteiger partial charge is 0.170 e. The fraction of sp³-hybridized carbons (Fsp3) is 0.292. The van der Waals surface area contributed by atoms with Crippen LogP contribution in [0.15, 0.2) is 53.7 Å². The molecule has 0 saturated heterocycles. The van der Waals surface area contributed by atoms with E-state index >= 15 is 0 Å². The number of benzene rings is 2. The average molecular weight is 449 g/mol. The average Bonchev–Trinajstić information content (AvgIpc) is 2.77. The maximum absolute atomic E-state index is 10.8. The fourth-order valence-electron chi connectivity index (χ4n) is 2.91. The lowest BCUT2D eigenvalue weighted by molar-refractivity contribution is 0.111. The second kappa shape index (κ2) is 10.9. The summed E-state index contributed by atoms with van der Waals surface area (Å²) in [5.74, 6) is 1.30. The monoisotopic (exact) mass is 448 g/mol. The number of carbonyl (C=O) groups is 1. The van der Waals surface area contributed by atoms with Gasteiger partial charge in [0, 0.05) is 33.4 Å². The third kappa shape index (κ3) is 6.90. The van der Waals surface area contributed by atoms with Crippen molar-refractivity contribution in [2.24, 2.45) is 4.99 Å². The molecule has 8 heteroatoms. The van der Waals surface area contributed by atoms with Crippen molar-refractivity contribution in [1.82, 2.24) is 9.97 Å². The molecule has 0 spiro atoms. The lowest BCUT2D eigenvalue weighted by Gasteiger charge is -2.14. The van der Waals surface area contributed by atoms with E-state index in [-0.39, 0.29) is 0 Å². The number of nitrogens with one attached hydrogen (secondary N) is 1. The standard InChI is InChI=1S/C24H28N4O3Si/c1-32(2,3)13-12-30-17-27-22(10-11-25)18-4-6-20(7-5-18)31-21-8-9-23-24(14-21)26-15-19(16-29)28-23/h4-9,11,14-16,25H,10,12-13,17H2,1-3H3. The predicted molar refractivity (Wildman–Crippen MR) is 130 cm³/mol. The Bertz CT molecular complexity index is 1110. The number of ether oxygens (including phenoxy) is 2. The first kappa shape index (κ1) is 23.4. The second-order valence-electron chi connectivity index (χ2n) is 8.55. The zero-order chi connectivity index (χ0) is 23.0. The van der Waals surface area contributed by atoms with Crippen molar-refractivity contribution in [3.8, 4) is 11.5 Å². The van der Waals surface area contributed by atoms with Crippen molar-refractivity contribution >= 4 is 37.3 Å². The highest BCUT2D eigenvalue weighted by molar-refractivity contribution is 6.76. The van der Waals surface area contributed by atoms with Crippen LogP contribution in [0, 0.1) is 5.41 Å². The van der Waals surface area contributed by atoms with E-state index in [9.17, 15) is 4.79 Å². The lowest BCUT2D eigenvalue weighted by atomic mass is 10.1. The van der Waals surface area contributed by atoms with Gasteiger partial charge in [0.25, 0.3) is 0 Å². The Morgan fingerprint density at radius 1 is 1.09 bits per heavy atom. The quantitative estimate of drug-likeness (QED) is 0.184. The first-order chi connectivity index (χ1) is 15.4. The van der Waals surface area contributed by atoms with Crippen molar-refractivity contribution in [1.29, 1.82) is 5.41 Å². The molecular formula is C24H28N4O3Si. The van der Waals surface area contributed by atoms with Gasteiger partial charge in [-0.2, -0.15) is 0 Å². The van der Waals surface area contributed by atoms with Crippen molar-refractivity contribution in [3.63, 3.8) is 0 Å². The molecule has 3 aromatic rings. The lowest BCUT2D eigenvalue weighted by Crippen LogP contribution is -2.21. The molecule has 1 N–H and O–H groups in total. The van der Waals surface area contributed by atoms with Crippen LogP contribution in [-0.4, -0.2) is 49.6 Å². The highest BCUT2D eigenvalue weighted by Gasteiger charge is 2.12. The zero-order valence-electron chi connectivity index (χ0n) is 18.7. The summed E-state index contributed by atoms with van der Waals surface area (Å²) in [5, 5.41) is 7.47. The minimum Gasteiger partial charge on any atom is -0.457 e. The number of nitrogens with zero attached hydrogens (tertiary/aromatic N) is 3. The van der Waals surface area contributed by atoms with Gasteiger partial charge in [-0.05, 0) is 48.0 Å². The summed E-state index contributed by atoms with van der Waals surface area (Å²) in [6, 6.07) is 14.0. The molecule has 2 aromatic carbocycles. The first-order valence-electron chi connectivity index (χ1n) is 10.5. The van der Waals surface area contributed by atoms with Gasteiger partial charge in [-0.25, -0.2) is 4.98 Å². The van der Waals surface area contributed by atoms with Gasteiger partial charge in [-0.1, -0.05) is 19.6 Å². The van der Waals surface area contributed by atoms with Crippen molar-refractivity contribution in [2.75, 3.05) is 13.3 Å². The molecule has 0 fully saturated rings. The minimum absolute atomic E-state index is 0.297. The molecule has 0 saturated carbocycles. The Balaban J connectivity index is 1.65. The van der Waals surface area contributed by atoms with Crippen LogP contribution in [0.1, 0.15) is 22.5 Å². The number of rotatable bonds is 11. The molecule has 0 aliphatic rings. The van der Waals surface area contributed by atoms with Crippen LogP contribution in [-0.2, 0) is 4.74 Å². The Hall–Kier alpha value is -3.23. The number of hydrogen-bond acceptors (Lipinski definition) is 7. The van der Waals surface area contributed by atoms with Crippen LogP contribution in [0.5, 0.6) is 11.5 Å². The van der Waals surface area contributed by atoms with Crippen molar-refractivity contribution in [3.05, 3.63) is 59.9 Å². The number of aromatic nitrogens is 2. The van der Waals surface area contributed by atoms with Gasteiger partial charge in [0.2, 0.25) is 0 Å². The molecule has 0 atom stereocenters. The summed E-state index contributed by atoms with van der Waals surface area (Å²) in [4.78, 5) is 23.8. The molecule has 0 bridgehead atoms.